The van der Waals surface area contributed by atoms with Crippen molar-refractivity contribution in [3.05, 3.63) is 0 Å². The van der Waals surface area contributed by atoms with E-state index in [4.69, 9.17) is 31.3 Å². The molecule has 0 spiro atoms. The van der Waals surface area contributed by atoms with Gasteiger partial charge in [0.25, 0.3) is 0 Å². The third kappa shape index (κ3) is 29.3. The minimum Gasteiger partial charge on any atom is -0.479 e. The molecule has 2 unspecified atom stereocenters. The van der Waals surface area contributed by atoms with E-state index in [1.165, 1.54) is 13.8 Å². The van der Waals surface area contributed by atoms with Gasteiger partial charge in [0.05, 0.1) is 6.61 Å². The number of rotatable bonds is 3. The molecule has 0 rings (SSSR count). The van der Waals surface area contributed by atoms with Gasteiger partial charge in [-0.2, -0.15) is 0 Å². The molecule has 0 heterocycles. The molecule has 0 saturated heterocycles. The van der Waals surface area contributed by atoms with E-state index in [9.17, 15) is 9.59 Å². The number of carboxylic acid groups (broad SMARTS) is 2. The van der Waals surface area contributed by atoms with Gasteiger partial charge in [-0.05, 0) is 13.8 Å². The predicted molar refractivity (Wildman–Crippen MR) is 54.8 cm³/mol. The summed E-state index contributed by atoms with van der Waals surface area (Å²) in [7, 11) is 0. The smallest absolute Gasteiger partial charge is 0.332 e. The molecule has 7 N–H and O–H groups in total. The maximum absolute atomic E-state index is 9.45. The van der Waals surface area contributed by atoms with Crippen molar-refractivity contribution in [3.8, 4) is 0 Å². The van der Waals surface area contributed by atoms with Crippen LogP contribution in [-0.2, 0) is 9.59 Å². The molecule has 0 aromatic carbocycles. The molecule has 0 aromatic rings. The highest BCUT2D eigenvalue weighted by atomic mass is 16.4. The molecule has 8 heteroatoms. The van der Waals surface area contributed by atoms with E-state index in [1.54, 1.807) is 0 Å². The van der Waals surface area contributed by atoms with E-state index >= 15 is 0 Å². The topological polar surface area (TPSA) is 161 Å². The molecule has 0 saturated carbocycles. The van der Waals surface area contributed by atoms with Crippen LogP contribution < -0.4 is 5.73 Å². The van der Waals surface area contributed by atoms with Crippen molar-refractivity contribution in [1.82, 2.24) is 0 Å². The molecule has 0 bridgehead atoms. The van der Waals surface area contributed by atoms with Crippen molar-refractivity contribution in [1.29, 1.82) is 0 Å². The number of aliphatic hydroxyl groups excluding tert-OH is 3. The Hall–Kier alpha value is -1.22. The van der Waals surface area contributed by atoms with E-state index in [0.717, 1.165) is 0 Å². The minimum atomic E-state index is -1.23. The van der Waals surface area contributed by atoms with Crippen LogP contribution in [0.2, 0.25) is 0 Å². The van der Waals surface area contributed by atoms with Crippen LogP contribution in [0.25, 0.3) is 0 Å². The lowest BCUT2D eigenvalue weighted by atomic mass is 10.4. The predicted octanol–water partition coefficient (Wildman–Crippen LogP) is -2.16. The highest BCUT2D eigenvalue weighted by Crippen LogP contribution is 1.73. The lowest BCUT2D eigenvalue weighted by Crippen LogP contribution is -2.13. The molecule has 0 aromatic heterocycles. The second-order valence-electron chi connectivity index (χ2n) is 2.54. The molecular weight excluding hydrogens is 222 g/mol. The molecule has 16 heavy (non-hydrogen) atoms. The zero-order valence-corrected chi connectivity index (χ0v) is 9.20. The summed E-state index contributed by atoms with van der Waals surface area (Å²) in [6.45, 7) is 2.87. The molecule has 0 aliphatic rings. The maximum atomic E-state index is 9.45. The van der Waals surface area contributed by atoms with Crippen LogP contribution in [-0.4, -0.2) is 62.8 Å². The van der Waals surface area contributed by atoms with Crippen molar-refractivity contribution in [2.75, 3.05) is 13.2 Å². The first-order chi connectivity index (χ1) is 7.20. The van der Waals surface area contributed by atoms with Gasteiger partial charge in [0, 0.05) is 6.54 Å². The molecular formula is C8H19NO7. The van der Waals surface area contributed by atoms with E-state index in [-0.39, 0.29) is 6.61 Å². The minimum absolute atomic E-state index is 0.0972. The Morgan fingerprint density at radius 1 is 1.06 bits per heavy atom. The fourth-order valence-electron chi connectivity index (χ4n) is 0. The average Bonchev–Trinajstić information content (AvgIpc) is 2.18. The Labute approximate surface area is 92.9 Å². The molecule has 0 aliphatic carbocycles. The number of carbonyl (C=O) groups is 2. The van der Waals surface area contributed by atoms with Gasteiger partial charge in [-0.15, -0.1) is 0 Å². The third-order valence-corrected chi connectivity index (χ3v) is 0.844. The second-order valence-corrected chi connectivity index (χ2v) is 2.54. The van der Waals surface area contributed by atoms with Gasteiger partial charge in [0.15, 0.2) is 0 Å². The van der Waals surface area contributed by atoms with Crippen LogP contribution in [0.4, 0.5) is 0 Å². The summed E-state index contributed by atoms with van der Waals surface area (Å²) in [6, 6.07) is 0. The Morgan fingerprint density at radius 2 is 1.19 bits per heavy atom. The Balaban J connectivity index is -0.000000162. The van der Waals surface area contributed by atoms with Crippen LogP contribution in [0.1, 0.15) is 13.8 Å². The molecule has 8 nitrogen and oxygen atoms in total. The summed E-state index contributed by atoms with van der Waals surface area (Å²) < 4.78 is 0. The summed E-state index contributed by atoms with van der Waals surface area (Å²) in [6.07, 6.45) is -2.46. The van der Waals surface area contributed by atoms with Gasteiger partial charge < -0.3 is 31.3 Å². The number of aliphatic carboxylic acids is 2. The van der Waals surface area contributed by atoms with Crippen LogP contribution in [0.3, 0.4) is 0 Å². The lowest BCUT2D eigenvalue weighted by Gasteiger charge is -1.89. The van der Waals surface area contributed by atoms with Gasteiger partial charge >= 0.3 is 11.9 Å². The second kappa shape index (κ2) is 13.8. The standard InChI is InChI=1S/2C3H6O3.C2H7NO/c2*1-2(4)3(5)6;3-1-2-4/h2*2,4H,1H3,(H,5,6);4H,1-3H2. The summed E-state index contributed by atoms with van der Waals surface area (Å²) in [5.41, 5.74) is 4.78. The van der Waals surface area contributed by atoms with Crippen molar-refractivity contribution in [2.24, 2.45) is 5.73 Å². The molecule has 2 atom stereocenters. The summed E-state index contributed by atoms with van der Waals surface area (Å²) in [5, 5.41) is 39.3. The molecule has 0 aliphatic heterocycles. The van der Waals surface area contributed by atoms with Crippen LogP contribution in [0.5, 0.6) is 0 Å². The lowest BCUT2D eigenvalue weighted by molar-refractivity contribution is -0.146. The SMILES string of the molecule is CC(O)C(=O)O.CC(O)C(=O)O.NCCO. The van der Waals surface area contributed by atoms with Crippen LogP contribution in [0.15, 0.2) is 0 Å². The Kier molecular flexibility index (Phi) is 17.4. The highest BCUT2D eigenvalue weighted by molar-refractivity contribution is 5.71. The summed E-state index contributed by atoms with van der Waals surface area (Å²) in [5.74, 6) is -2.37. The molecule has 0 amide bonds. The first-order valence-corrected chi connectivity index (χ1v) is 4.33. The van der Waals surface area contributed by atoms with Gasteiger partial charge in [-0.25, -0.2) is 9.59 Å². The quantitative estimate of drug-likeness (QED) is 0.325. The van der Waals surface area contributed by atoms with Crippen molar-refractivity contribution >= 4 is 11.9 Å². The first-order valence-electron chi connectivity index (χ1n) is 4.33. The third-order valence-electron chi connectivity index (χ3n) is 0.844. The molecule has 0 fully saturated rings. The fourth-order valence-corrected chi connectivity index (χ4v) is 0. The molecule has 98 valence electrons. The van der Waals surface area contributed by atoms with Gasteiger partial charge in [0.2, 0.25) is 0 Å². The molecule has 0 radical (unpaired) electrons. The van der Waals surface area contributed by atoms with E-state index < -0.39 is 24.1 Å². The number of carboxylic acids is 2. The van der Waals surface area contributed by atoms with Gasteiger partial charge in [-0.1, -0.05) is 0 Å². The number of nitrogens with two attached hydrogens (primary N) is 1. The van der Waals surface area contributed by atoms with E-state index in [1.807, 2.05) is 0 Å². The van der Waals surface area contributed by atoms with Gasteiger partial charge in [-0.3, -0.25) is 0 Å². The number of aliphatic hydroxyl groups is 3. The average molecular weight is 241 g/mol. The highest BCUT2D eigenvalue weighted by Gasteiger charge is 2.01. The van der Waals surface area contributed by atoms with Crippen molar-refractivity contribution < 1.29 is 35.1 Å². The van der Waals surface area contributed by atoms with Crippen LogP contribution in [0, 0.1) is 0 Å². The van der Waals surface area contributed by atoms with Crippen LogP contribution >= 0.6 is 0 Å². The Morgan fingerprint density at radius 3 is 1.19 bits per heavy atom. The summed E-state index contributed by atoms with van der Waals surface area (Å²) >= 11 is 0. The summed E-state index contributed by atoms with van der Waals surface area (Å²) in [4.78, 5) is 18.9. The first kappa shape index (κ1) is 20.2. The number of hydrogen-bond acceptors (Lipinski definition) is 6. The Bertz CT molecular complexity index is 161. The zero-order chi connectivity index (χ0) is 13.7. The van der Waals surface area contributed by atoms with E-state index in [0.29, 0.717) is 6.54 Å². The van der Waals surface area contributed by atoms with Crippen molar-refractivity contribution in [3.63, 3.8) is 0 Å². The fraction of sp³-hybridized carbons (Fsp3) is 0.750. The zero-order valence-electron chi connectivity index (χ0n) is 9.20. The van der Waals surface area contributed by atoms with E-state index in [2.05, 4.69) is 0 Å². The van der Waals surface area contributed by atoms with Crippen molar-refractivity contribution in [2.45, 2.75) is 26.1 Å². The monoisotopic (exact) mass is 241 g/mol. The van der Waals surface area contributed by atoms with Gasteiger partial charge in [0.1, 0.15) is 12.2 Å². The number of hydrogen-bond donors (Lipinski definition) is 6. The largest absolute Gasteiger partial charge is 0.479 e. The maximum Gasteiger partial charge on any atom is 0.332 e. The normalized spacial score (nSPS) is 12.1.